The molecule has 6 heterocycles. The second-order valence-corrected chi connectivity index (χ2v) is 52.1. The molecule has 12 rings (SSSR count). The lowest BCUT2D eigenvalue weighted by atomic mass is 9.78. The summed E-state index contributed by atoms with van der Waals surface area (Å²) in [6.07, 6.45) is 7.73. The van der Waals surface area contributed by atoms with Gasteiger partial charge < -0.3 is 160 Å². The van der Waals surface area contributed by atoms with Gasteiger partial charge in [0, 0.05) is 168 Å². The number of nitrogens with two attached hydrogens (primary N) is 12. The van der Waals surface area contributed by atoms with Crippen molar-refractivity contribution in [2.24, 2.45) is 116 Å². The van der Waals surface area contributed by atoms with Crippen LogP contribution >= 0.6 is 0 Å². The van der Waals surface area contributed by atoms with Crippen LogP contribution in [0, 0.1) is 58.2 Å². The molecule has 848 valence electrons. The van der Waals surface area contributed by atoms with E-state index < -0.39 is 280 Å². The summed E-state index contributed by atoms with van der Waals surface area (Å²) in [5, 5.41) is 172. The fourth-order valence-electron chi connectivity index (χ4n) is 18.7. The predicted molar refractivity (Wildman–Crippen MR) is 526 cm³/mol. The monoisotopic (exact) mass is 2250 g/mol. The van der Waals surface area contributed by atoms with Gasteiger partial charge in [-0.1, -0.05) is 52.4 Å². The molecule has 6 aliphatic heterocycles. The summed E-state index contributed by atoms with van der Waals surface area (Å²) in [6.45, 7) is 2.86. The molecule has 61 nitrogen and oxygen atoms in total. The zero-order valence-corrected chi connectivity index (χ0v) is 87.0. The first-order chi connectivity index (χ1) is 67.6. The summed E-state index contributed by atoms with van der Waals surface area (Å²) in [7, 11) is -33.1. The van der Waals surface area contributed by atoms with E-state index in [9.17, 15) is 119 Å². The van der Waals surface area contributed by atoms with Crippen molar-refractivity contribution in [3.63, 3.8) is 0 Å². The maximum absolute atomic E-state index is 13.2. The fourth-order valence-corrected chi connectivity index (χ4v) is 28.4. The molecular weight excluding hydrogens is 2100 g/mol. The van der Waals surface area contributed by atoms with Gasteiger partial charge in [0.15, 0.2) is 0 Å². The second kappa shape index (κ2) is 49.7. The van der Waals surface area contributed by atoms with Gasteiger partial charge in [-0.3, -0.25) is 28.8 Å². The minimum Gasteiger partial charge on any atom is -0.480 e. The maximum Gasteiger partial charge on any atom is 0.451 e. The second-order valence-electron chi connectivity index (χ2n) is 41.9. The molecule has 0 aromatic heterocycles. The zero-order valence-electron chi connectivity index (χ0n) is 82.1. The highest BCUT2D eigenvalue weighted by atomic mass is 32.2. The Morgan fingerprint density at radius 1 is 0.392 bits per heavy atom. The van der Waals surface area contributed by atoms with E-state index >= 15 is 0 Å². The molecule has 0 aromatic carbocycles. The average Bonchev–Trinajstić information content (AvgIpc) is 1.57. The molecule has 0 amide bonds. The number of aliphatic carboxylic acids is 6. The summed E-state index contributed by atoms with van der Waals surface area (Å²) in [5.41, 5.74) is 57.0. The van der Waals surface area contributed by atoms with E-state index in [1.807, 2.05) is 19.9 Å². The average molecular weight is 2250 g/mol. The maximum atomic E-state index is 13.2. The first-order valence-corrected chi connectivity index (χ1v) is 56.5. The Morgan fingerprint density at radius 2 is 0.628 bits per heavy atom. The third-order valence-electron chi connectivity index (χ3n) is 30.2. The van der Waals surface area contributed by atoms with Crippen molar-refractivity contribution in [2.45, 2.75) is 272 Å². The van der Waals surface area contributed by atoms with Crippen LogP contribution in [0.25, 0.3) is 0 Å². The van der Waals surface area contributed by atoms with Gasteiger partial charge in [0.05, 0.1) is 24.1 Å². The Hall–Kier alpha value is -5.18. The minimum atomic E-state index is -4.40. The van der Waals surface area contributed by atoms with Crippen LogP contribution in [0.15, 0.2) is 0 Å². The van der Waals surface area contributed by atoms with Crippen LogP contribution in [-0.4, -0.2) is 435 Å². The summed E-state index contributed by atoms with van der Waals surface area (Å²) in [6, 6.07) is -3.82. The van der Waals surface area contributed by atoms with E-state index in [1.54, 1.807) is 11.6 Å². The van der Waals surface area contributed by atoms with Crippen molar-refractivity contribution in [3.8, 4) is 6.07 Å². The highest BCUT2D eigenvalue weighted by molar-refractivity contribution is 7.88. The molecule has 0 radical (unpaired) electrons. The number of carbonyl (C=O) groups is 6. The van der Waals surface area contributed by atoms with Crippen LogP contribution in [0.5, 0.6) is 0 Å². The van der Waals surface area contributed by atoms with Crippen LogP contribution in [0.4, 0.5) is 8.78 Å². The highest BCUT2D eigenvalue weighted by Gasteiger charge is 2.70. The van der Waals surface area contributed by atoms with Crippen molar-refractivity contribution in [2.75, 3.05) is 91.6 Å². The first-order valence-electron chi connectivity index (χ1n) is 47.9. The largest absolute Gasteiger partial charge is 0.480 e. The highest BCUT2D eigenvalue weighted by Crippen LogP contribution is 2.47. The number of rotatable bonds is 51. The summed E-state index contributed by atoms with van der Waals surface area (Å²) in [5.74, 6) is -15.8. The van der Waals surface area contributed by atoms with E-state index in [0.717, 1.165) is 34.4 Å². The van der Waals surface area contributed by atoms with Crippen LogP contribution in [0.3, 0.4) is 0 Å². The third-order valence-corrected chi connectivity index (χ3v) is 39.5. The molecule has 0 aromatic rings. The number of nitriles is 1. The van der Waals surface area contributed by atoms with Crippen molar-refractivity contribution in [1.82, 2.24) is 54.2 Å². The Balaban J connectivity index is 0.000000240. The van der Waals surface area contributed by atoms with Crippen molar-refractivity contribution in [3.05, 3.63) is 0 Å². The Morgan fingerprint density at radius 3 is 0.824 bits per heavy atom. The predicted octanol–water partition coefficient (Wildman–Crippen LogP) is -16.5. The molecule has 148 heavy (non-hydrogen) atoms. The Kier molecular flexibility index (Phi) is 43.6. The molecule has 1 unspecified atom stereocenters. The van der Waals surface area contributed by atoms with E-state index in [1.165, 1.54) is 0 Å². The van der Waals surface area contributed by atoms with Crippen LogP contribution in [0.2, 0.25) is 37.9 Å². The van der Waals surface area contributed by atoms with Gasteiger partial charge in [-0.2, -0.15) is 105 Å². The van der Waals surface area contributed by atoms with E-state index in [-0.39, 0.29) is 179 Å². The molecule has 12 fully saturated rings. The van der Waals surface area contributed by atoms with Gasteiger partial charge in [0.1, 0.15) is 39.3 Å². The van der Waals surface area contributed by atoms with Gasteiger partial charge in [-0.15, -0.1) is 0 Å². The summed E-state index contributed by atoms with van der Waals surface area (Å²) < 4.78 is 196. The van der Waals surface area contributed by atoms with Crippen molar-refractivity contribution >= 4 is 140 Å². The number of nitrogens with zero attached hydrogens (tertiary/aromatic N) is 7. The van der Waals surface area contributed by atoms with Gasteiger partial charge in [-0.25, -0.2) is 13.5 Å². The Labute approximate surface area is 859 Å². The molecule has 12 aliphatic rings. The number of carboxylic acids is 6. The fraction of sp³-hybridized carbons (Fsp3) is 0.904. The molecule has 75 heteroatoms. The molecule has 0 spiro atoms. The molecule has 6 saturated heterocycles. The third kappa shape index (κ3) is 32.6. The van der Waals surface area contributed by atoms with Gasteiger partial charge in [0.25, 0.3) is 67.2 Å². The first kappa shape index (κ1) is 130. The van der Waals surface area contributed by atoms with Gasteiger partial charge in [0.2, 0.25) is 0 Å². The van der Waals surface area contributed by atoms with Gasteiger partial charge in [-0.05, 0) is 127 Å². The van der Waals surface area contributed by atoms with E-state index in [2.05, 4.69) is 23.6 Å². The van der Waals surface area contributed by atoms with Crippen molar-refractivity contribution < 1.29 is 179 Å². The number of hydrogen-bond acceptors (Lipinski definition) is 43. The normalized spacial score (nSPS) is 32.4. The number of hydrogen-bond donors (Lipinski definition) is 36. The molecule has 48 N–H and O–H groups in total. The smallest absolute Gasteiger partial charge is 0.451 e. The standard InChI is InChI=1S/2C13H27BN4O6S.C12H22BN5O6S.2C12H25BN4O6S.C11H21BF2N4O6S/c1-12(2)9(15)10(12)17-25(23,24)18-6-8(4-3-5-14(21)22)13(16,7-18)11(19)20;1-9(15)12(4-5-12)17-25(23,24)18-7-10(3-2-6-14(21)22)13(16,8-18)11(19)20;14-4-8-9(15)10(8)17-25(23,24)18-5-7(2-1-3-13(21)22)12(16,6-18)11(19)20;14-11(3-4-11)7-16-24(22,23)17-6-9(2-1-5-13(20)21)12(15,8-17)10(18)19;14-7-11(3-4-11)16-24(22,23)17-6-9(2-1-5-13(20)21)12(15,8-17)10(18)19;13-11(14)7(15)8(11)17-25(23,24)18-4-6(2-1-3-12(21)22)10(16,5-18)9(19)20/h8-10,17,21-22H,3-7,15-16H2,1-2H3,(H,19,20);9-10,17,21-22H,2-8,15-16H2,1H3,(H,19,20);7-10,17,21-22H,1-3,5-6,15-16H2,(H,19,20);2*9,16,20-21H,1-8,14-15H2,(H,18,19);6-8,17,21-22H,1-5,15-16H2,(H,19,20)/t8-,9+,10+,13-;9-,10-,13-;7-,8?,9-,10-,12-;2*9-,12-;6-,7+,8+,10-/m000000/s1. The van der Waals surface area contributed by atoms with Crippen LogP contribution in [0.1, 0.15) is 136 Å². The number of alkyl halides is 2. The molecular formula is C73H147B6F2N25O36S6. The number of carboxylic acid groups (broad SMARTS) is 6. The van der Waals surface area contributed by atoms with Crippen LogP contribution < -0.4 is 97.1 Å². The Bertz CT molecular complexity index is 5270. The SMILES string of the molecule is CC1(C)[C@H](N)[C@H]1NS(=O)(=O)N1C[C@H](CCCB(O)O)[C@](N)(C(=O)O)C1.C[C@H](N)C1(NS(=O)(=O)N2C[C@H](CCCB(O)O)[C@](N)(C(=O)O)C2)CC1.N#CC1[C@H](N)[C@H]1NS(=O)(=O)N1C[C@H](CCCB(O)O)[C@](N)(C(=O)O)C1.NC1(CNS(=O)(=O)N2C[C@H](CCCB(O)O)[C@](N)(C(=O)O)C2)CC1.NCC1(NS(=O)(=O)N2C[C@H](CCCB(O)O)[C@](N)(C(=O)O)C2)CC1.N[C@@H]1[C@@H](NS(=O)(=O)N2C[C@H](CCCB(O)O)[C@](N)(C(=O)O)C2)C1(F)F. The van der Waals surface area contributed by atoms with Gasteiger partial charge >= 0.3 is 78.5 Å². The molecule has 20 atom stereocenters. The quantitative estimate of drug-likeness (QED) is 0.0252. The lowest BCUT2D eigenvalue weighted by molar-refractivity contribution is -0.145. The van der Waals surface area contributed by atoms with Crippen LogP contribution in [-0.2, 0) is 90.0 Å². The zero-order chi connectivity index (χ0) is 113. The van der Waals surface area contributed by atoms with Crippen molar-refractivity contribution in [1.29, 1.82) is 5.26 Å². The number of nitrogens with one attached hydrogen (secondary N) is 6. The lowest BCUT2D eigenvalue weighted by Crippen LogP contribution is -2.56. The molecule has 6 aliphatic carbocycles. The van der Waals surface area contributed by atoms with E-state index in [0.29, 0.717) is 62.1 Å². The van der Waals surface area contributed by atoms with E-state index in [4.69, 9.17) is 134 Å². The topological polar surface area (TPSA) is 1100 Å². The molecule has 0 bridgehead atoms. The molecule has 6 saturated carbocycles. The lowest BCUT2D eigenvalue weighted by Gasteiger charge is -2.26. The number of halogens is 2. The summed E-state index contributed by atoms with van der Waals surface area (Å²) >= 11 is 0. The minimum absolute atomic E-state index is 0.0274. The summed E-state index contributed by atoms with van der Waals surface area (Å²) in [4.78, 5) is 69.4.